The minimum atomic E-state index is -0.495. The van der Waals surface area contributed by atoms with E-state index in [4.69, 9.17) is 9.47 Å². The predicted molar refractivity (Wildman–Crippen MR) is 69.8 cm³/mol. The van der Waals surface area contributed by atoms with Crippen LogP contribution in [-0.4, -0.2) is 18.0 Å². The second kappa shape index (κ2) is 4.07. The van der Waals surface area contributed by atoms with Crippen molar-refractivity contribution >= 4 is 11.9 Å². The maximum absolute atomic E-state index is 11.9. The minimum Gasteiger partial charge on any atom is -0.454 e. The van der Waals surface area contributed by atoms with Gasteiger partial charge in [0.2, 0.25) is 0 Å². The summed E-state index contributed by atoms with van der Waals surface area (Å²) in [5.41, 5.74) is 2.06. The number of hydrogen-bond donors (Lipinski definition) is 0. The third-order valence-corrected chi connectivity index (χ3v) is 4.10. The number of benzene rings is 1. The Kier molecular flexibility index (Phi) is 2.33. The zero-order valence-corrected chi connectivity index (χ0v) is 10.6. The first-order valence-electron chi connectivity index (χ1n) is 6.63. The molecule has 1 aliphatic carbocycles. The quantitative estimate of drug-likeness (QED) is 0.733. The van der Waals surface area contributed by atoms with E-state index in [0.29, 0.717) is 11.1 Å². The second-order valence-corrected chi connectivity index (χ2v) is 5.18. The van der Waals surface area contributed by atoms with Crippen molar-refractivity contribution in [2.24, 2.45) is 5.92 Å². The van der Waals surface area contributed by atoms with Gasteiger partial charge in [-0.05, 0) is 12.5 Å². The average Bonchev–Trinajstić information content (AvgIpc) is 2.99. The van der Waals surface area contributed by atoms with E-state index in [-0.39, 0.29) is 17.9 Å². The molecule has 4 rings (SSSR count). The lowest BCUT2D eigenvalue weighted by Gasteiger charge is -2.23. The summed E-state index contributed by atoms with van der Waals surface area (Å²) in [6, 6.07) is 7.27. The molecule has 1 saturated heterocycles. The summed E-state index contributed by atoms with van der Waals surface area (Å²) in [5, 5.41) is 0. The van der Waals surface area contributed by atoms with Gasteiger partial charge in [0.15, 0.2) is 12.2 Å². The molecule has 2 heterocycles. The largest absolute Gasteiger partial charge is 0.454 e. The fraction of sp³-hybridized carbons (Fsp3) is 0.250. The fourth-order valence-corrected chi connectivity index (χ4v) is 3.14. The van der Waals surface area contributed by atoms with E-state index in [1.54, 1.807) is 18.2 Å². The summed E-state index contributed by atoms with van der Waals surface area (Å²) < 4.78 is 10.9. The molecule has 3 aliphatic rings. The van der Waals surface area contributed by atoms with E-state index in [1.807, 2.05) is 24.3 Å². The molecule has 2 aliphatic heterocycles. The van der Waals surface area contributed by atoms with Crippen LogP contribution in [0.3, 0.4) is 0 Å². The van der Waals surface area contributed by atoms with Crippen LogP contribution < -0.4 is 0 Å². The van der Waals surface area contributed by atoms with Gasteiger partial charge in [-0.15, -0.1) is 0 Å². The lowest BCUT2D eigenvalue weighted by Crippen LogP contribution is -2.25. The number of fused-ring (bicyclic) bond motifs is 2. The van der Waals surface area contributed by atoms with Crippen LogP contribution in [0, 0.1) is 5.92 Å². The van der Waals surface area contributed by atoms with E-state index in [0.717, 1.165) is 12.0 Å². The fourth-order valence-electron chi connectivity index (χ4n) is 3.14. The molecule has 0 N–H and O–H groups in total. The first-order valence-corrected chi connectivity index (χ1v) is 6.63. The highest BCUT2D eigenvalue weighted by Crippen LogP contribution is 2.44. The zero-order valence-electron chi connectivity index (χ0n) is 10.6. The van der Waals surface area contributed by atoms with E-state index >= 15 is 0 Å². The summed E-state index contributed by atoms with van der Waals surface area (Å²) in [5.74, 6) is -0.674. The van der Waals surface area contributed by atoms with Crippen molar-refractivity contribution in [3.8, 4) is 0 Å². The van der Waals surface area contributed by atoms with Gasteiger partial charge in [-0.3, -0.25) is 0 Å². The molecule has 20 heavy (non-hydrogen) atoms. The molecule has 4 heteroatoms. The minimum absolute atomic E-state index is 0.0311. The number of ether oxygens (including phenoxy) is 2. The van der Waals surface area contributed by atoms with Crippen LogP contribution in [0.15, 0.2) is 48.1 Å². The summed E-state index contributed by atoms with van der Waals surface area (Å²) in [6.45, 7) is 0. The first kappa shape index (κ1) is 11.5. The SMILES string of the molecule is O=C1OC(C2OC(=O)c3ccccc32)C2CC=CC=C12. The van der Waals surface area contributed by atoms with Crippen molar-refractivity contribution in [3.63, 3.8) is 0 Å². The normalized spacial score (nSPS) is 30.4. The van der Waals surface area contributed by atoms with Crippen molar-refractivity contribution in [2.45, 2.75) is 18.6 Å². The van der Waals surface area contributed by atoms with Crippen molar-refractivity contribution < 1.29 is 19.1 Å². The van der Waals surface area contributed by atoms with Gasteiger partial charge in [0.1, 0.15) is 0 Å². The number of cyclic esters (lactones) is 2. The predicted octanol–water partition coefficient (Wildman–Crippen LogP) is 2.33. The molecule has 3 unspecified atom stereocenters. The summed E-state index contributed by atoms with van der Waals surface area (Å²) in [7, 11) is 0. The van der Waals surface area contributed by atoms with Gasteiger partial charge in [-0.1, -0.05) is 36.4 Å². The maximum atomic E-state index is 11.9. The molecule has 0 radical (unpaired) electrons. The van der Waals surface area contributed by atoms with Gasteiger partial charge < -0.3 is 9.47 Å². The Hall–Kier alpha value is -2.36. The molecule has 1 aromatic carbocycles. The Morgan fingerprint density at radius 1 is 1.05 bits per heavy atom. The molecular weight excluding hydrogens is 256 g/mol. The highest BCUT2D eigenvalue weighted by atomic mass is 16.6. The summed E-state index contributed by atoms with van der Waals surface area (Å²) in [4.78, 5) is 23.8. The third kappa shape index (κ3) is 1.48. The molecule has 0 amide bonds. The Morgan fingerprint density at radius 2 is 1.90 bits per heavy atom. The van der Waals surface area contributed by atoms with Crippen molar-refractivity contribution in [1.29, 1.82) is 0 Å². The topological polar surface area (TPSA) is 52.6 Å². The maximum Gasteiger partial charge on any atom is 0.339 e. The van der Waals surface area contributed by atoms with Gasteiger partial charge in [0, 0.05) is 17.1 Å². The Bertz CT molecular complexity index is 671. The molecule has 100 valence electrons. The number of carbonyl (C=O) groups is 2. The van der Waals surface area contributed by atoms with Crippen LogP contribution in [0.1, 0.15) is 28.4 Å². The van der Waals surface area contributed by atoms with Crippen LogP contribution in [-0.2, 0) is 14.3 Å². The van der Waals surface area contributed by atoms with Crippen LogP contribution in [0.25, 0.3) is 0 Å². The number of carbonyl (C=O) groups excluding carboxylic acids is 2. The highest BCUT2D eigenvalue weighted by Gasteiger charge is 2.49. The second-order valence-electron chi connectivity index (χ2n) is 5.18. The average molecular weight is 268 g/mol. The molecule has 0 saturated carbocycles. The molecule has 3 atom stereocenters. The zero-order chi connectivity index (χ0) is 13.7. The summed E-state index contributed by atoms with van der Waals surface area (Å²) >= 11 is 0. The number of hydrogen-bond acceptors (Lipinski definition) is 4. The lowest BCUT2D eigenvalue weighted by atomic mass is 9.85. The smallest absolute Gasteiger partial charge is 0.339 e. The standard InChI is InChI=1S/C16H12O4/c17-15-11-7-3-1-5-9(11)13(19-15)14-10-6-2-4-8-12(10)16(18)20-14/h1-5,7-8,10,13-14H,6H2. The van der Waals surface area contributed by atoms with Gasteiger partial charge in [0.05, 0.1) is 5.56 Å². The highest BCUT2D eigenvalue weighted by molar-refractivity contribution is 5.95. The van der Waals surface area contributed by atoms with Crippen LogP contribution in [0.2, 0.25) is 0 Å². The van der Waals surface area contributed by atoms with Crippen LogP contribution >= 0.6 is 0 Å². The van der Waals surface area contributed by atoms with Crippen LogP contribution in [0.4, 0.5) is 0 Å². The Morgan fingerprint density at radius 3 is 2.80 bits per heavy atom. The molecule has 0 aromatic heterocycles. The molecule has 0 spiro atoms. The number of esters is 2. The van der Waals surface area contributed by atoms with E-state index in [9.17, 15) is 9.59 Å². The molecule has 1 aromatic rings. The summed E-state index contributed by atoms with van der Waals surface area (Å²) in [6.07, 6.45) is 5.48. The molecule has 0 bridgehead atoms. The van der Waals surface area contributed by atoms with Crippen molar-refractivity contribution in [1.82, 2.24) is 0 Å². The first-order chi connectivity index (χ1) is 9.75. The van der Waals surface area contributed by atoms with Crippen molar-refractivity contribution in [3.05, 3.63) is 59.2 Å². The third-order valence-electron chi connectivity index (χ3n) is 4.10. The van der Waals surface area contributed by atoms with Gasteiger partial charge in [-0.2, -0.15) is 0 Å². The monoisotopic (exact) mass is 268 g/mol. The van der Waals surface area contributed by atoms with Gasteiger partial charge in [0.25, 0.3) is 0 Å². The van der Waals surface area contributed by atoms with Crippen molar-refractivity contribution in [2.75, 3.05) is 0 Å². The van der Waals surface area contributed by atoms with E-state index in [1.165, 1.54) is 0 Å². The molecular formula is C16H12O4. The Balaban J connectivity index is 1.74. The number of rotatable bonds is 1. The van der Waals surface area contributed by atoms with E-state index < -0.39 is 12.2 Å². The molecule has 4 nitrogen and oxygen atoms in total. The lowest BCUT2D eigenvalue weighted by molar-refractivity contribution is -0.144. The molecule has 1 fully saturated rings. The van der Waals surface area contributed by atoms with E-state index in [2.05, 4.69) is 0 Å². The van der Waals surface area contributed by atoms with Gasteiger partial charge >= 0.3 is 11.9 Å². The number of allylic oxidation sites excluding steroid dienone is 3. The Labute approximate surface area is 115 Å². The van der Waals surface area contributed by atoms with Gasteiger partial charge in [-0.25, -0.2) is 9.59 Å². The van der Waals surface area contributed by atoms with Crippen LogP contribution in [0.5, 0.6) is 0 Å².